The molecule has 1 aliphatic heterocycles. The Morgan fingerprint density at radius 2 is 1.32 bits per heavy atom. The van der Waals surface area contributed by atoms with Crippen LogP contribution in [0.4, 0.5) is 0 Å². The standard InChI is InChI=1S/C44H57Cl2N3O4/c1-2-3-4-5-6-7-8-9-10-11-12-13-17-20-39(51)47-29-33-21-27-37(28-22-33)44-52-38(30-49-32-48-42(45)43(49)46)40(35-18-15-14-16-19-35)41(53-44)36-25-23-34(31-50)24-26-36/h14-16,18-19,21-28,32,38,40-41,44,50H,2-13,17,20,29-31H2,1H3,(H,47,51)/t38-,40-,41+,44?/m1/s1. The fourth-order valence-corrected chi connectivity index (χ4v) is 7.53. The van der Waals surface area contributed by atoms with Gasteiger partial charge in [0.25, 0.3) is 0 Å². The summed E-state index contributed by atoms with van der Waals surface area (Å²) in [5.74, 6) is -0.0896. The Morgan fingerprint density at radius 1 is 0.736 bits per heavy atom. The summed E-state index contributed by atoms with van der Waals surface area (Å²) in [4.78, 5) is 16.8. The molecule has 2 N–H and O–H groups in total. The Kier molecular flexibility index (Phi) is 17.2. The second kappa shape index (κ2) is 22.2. The summed E-state index contributed by atoms with van der Waals surface area (Å²) in [7, 11) is 0. The number of halogens is 2. The lowest BCUT2D eigenvalue weighted by Crippen LogP contribution is -2.39. The molecule has 0 saturated carbocycles. The van der Waals surface area contributed by atoms with Crippen molar-refractivity contribution in [3.05, 3.63) is 123 Å². The maximum Gasteiger partial charge on any atom is 0.220 e. The van der Waals surface area contributed by atoms with Crippen molar-refractivity contribution >= 4 is 29.1 Å². The first-order valence-electron chi connectivity index (χ1n) is 19.7. The van der Waals surface area contributed by atoms with Gasteiger partial charge in [-0.3, -0.25) is 4.79 Å². The molecule has 0 spiro atoms. The predicted molar refractivity (Wildman–Crippen MR) is 214 cm³/mol. The van der Waals surface area contributed by atoms with Crippen LogP contribution < -0.4 is 5.32 Å². The fourth-order valence-electron chi connectivity index (χ4n) is 7.21. The van der Waals surface area contributed by atoms with Gasteiger partial charge in [-0.25, -0.2) is 4.98 Å². The number of amides is 1. The largest absolute Gasteiger partial charge is 0.392 e. The van der Waals surface area contributed by atoms with Gasteiger partial charge in [0, 0.05) is 24.4 Å². The number of nitrogens with one attached hydrogen (secondary N) is 1. The number of ether oxygens (including phenoxy) is 2. The maximum atomic E-state index is 12.6. The molecular weight excluding hydrogens is 705 g/mol. The number of aromatic nitrogens is 2. The number of carbonyl (C=O) groups is 1. The molecule has 1 amide bonds. The van der Waals surface area contributed by atoms with Gasteiger partial charge in [-0.1, -0.05) is 186 Å². The molecule has 5 rings (SSSR count). The summed E-state index contributed by atoms with van der Waals surface area (Å²) in [6.07, 6.45) is 17.6. The van der Waals surface area contributed by atoms with Gasteiger partial charge in [0.1, 0.15) is 5.15 Å². The summed E-state index contributed by atoms with van der Waals surface area (Å²) < 4.78 is 15.4. The number of hydrogen-bond donors (Lipinski definition) is 2. The van der Waals surface area contributed by atoms with E-state index in [1.807, 2.05) is 71.3 Å². The molecule has 286 valence electrons. The quantitative estimate of drug-likeness (QED) is 0.0779. The van der Waals surface area contributed by atoms with Crippen LogP contribution in [0.15, 0.2) is 85.2 Å². The summed E-state index contributed by atoms with van der Waals surface area (Å²) in [5.41, 5.74) is 4.76. The SMILES string of the molecule is CCCCCCCCCCCCCCCC(=O)NCc1ccc(C2O[C@H](Cn3cnc(Cl)c3Cl)[C@@H](c3ccccc3)[C@H](c3ccc(CO)cc3)O2)cc1. The van der Waals surface area contributed by atoms with Crippen LogP contribution in [0.2, 0.25) is 10.3 Å². The summed E-state index contributed by atoms with van der Waals surface area (Å²) in [6.45, 7) is 3.12. The number of rotatable bonds is 22. The minimum Gasteiger partial charge on any atom is -0.392 e. The zero-order chi connectivity index (χ0) is 37.3. The topological polar surface area (TPSA) is 85.6 Å². The maximum absolute atomic E-state index is 12.6. The van der Waals surface area contributed by atoms with E-state index in [2.05, 4.69) is 29.4 Å². The van der Waals surface area contributed by atoms with Gasteiger partial charge in [-0.15, -0.1) is 0 Å². The number of imidazole rings is 1. The highest BCUT2D eigenvalue weighted by Crippen LogP contribution is 2.47. The van der Waals surface area contributed by atoms with E-state index in [4.69, 9.17) is 32.7 Å². The summed E-state index contributed by atoms with van der Waals surface area (Å²) in [5, 5.41) is 13.4. The summed E-state index contributed by atoms with van der Waals surface area (Å²) in [6, 6.07) is 26.1. The molecule has 7 nitrogen and oxygen atoms in total. The zero-order valence-electron chi connectivity index (χ0n) is 31.2. The zero-order valence-corrected chi connectivity index (χ0v) is 32.7. The second-order valence-corrected chi connectivity index (χ2v) is 15.1. The average molecular weight is 763 g/mol. The third-order valence-electron chi connectivity index (χ3n) is 10.3. The van der Waals surface area contributed by atoms with Crippen molar-refractivity contribution in [2.24, 2.45) is 0 Å². The van der Waals surface area contributed by atoms with E-state index in [1.54, 1.807) is 6.33 Å². The van der Waals surface area contributed by atoms with E-state index in [0.717, 1.165) is 40.7 Å². The number of carbonyl (C=O) groups excluding carboxylic acids is 1. The molecule has 53 heavy (non-hydrogen) atoms. The van der Waals surface area contributed by atoms with Crippen molar-refractivity contribution in [2.75, 3.05) is 0 Å². The first kappa shape index (κ1) is 41.0. The monoisotopic (exact) mass is 761 g/mol. The Bertz CT molecular complexity index is 1630. The van der Waals surface area contributed by atoms with Gasteiger partial charge in [0.15, 0.2) is 11.4 Å². The molecule has 1 aliphatic rings. The predicted octanol–water partition coefficient (Wildman–Crippen LogP) is 11.4. The molecular formula is C44H57Cl2N3O4. The van der Waals surface area contributed by atoms with Crippen LogP contribution in [0, 0.1) is 0 Å². The van der Waals surface area contributed by atoms with E-state index < -0.39 is 6.29 Å². The molecule has 9 heteroatoms. The summed E-state index contributed by atoms with van der Waals surface area (Å²) >= 11 is 12.8. The third kappa shape index (κ3) is 12.7. The number of unbranched alkanes of at least 4 members (excludes halogenated alkanes) is 12. The van der Waals surface area contributed by atoms with Crippen molar-refractivity contribution in [2.45, 2.75) is 141 Å². The molecule has 0 bridgehead atoms. The third-order valence-corrected chi connectivity index (χ3v) is 11.1. The Labute approximate surface area is 326 Å². The van der Waals surface area contributed by atoms with Crippen LogP contribution in [0.5, 0.6) is 0 Å². The van der Waals surface area contributed by atoms with Gasteiger partial charge in [-0.2, -0.15) is 0 Å². The van der Waals surface area contributed by atoms with Crippen LogP contribution in [0.25, 0.3) is 0 Å². The molecule has 3 aromatic carbocycles. The lowest BCUT2D eigenvalue weighted by Gasteiger charge is -2.43. The van der Waals surface area contributed by atoms with Gasteiger partial charge < -0.3 is 24.5 Å². The van der Waals surface area contributed by atoms with Crippen LogP contribution in [0.1, 0.15) is 143 Å². The highest BCUT2D eigenvalue weighted by Gasteiger charge is 2.42. The van der Waals surface area contributed by atoms with E-state index in [1.165, 1.54) is 70.6 Å². The molecule has 1 saturated heterocycles. The van der Waals surface area contributed by atoms with Gasteiger partial charge in [0.05, 0.1) is 31.7 Å². The normalized spacial score (nSPS) is 18.6. The number of aliphatic hydroxyl groups is 1. The molecule has 1 fully saturated rings. The van der Waals surface area contributed by atoms with E-state index in [-0.39, 0.29) is 35.8 Å². The Hall–Kier alpha value is -3.20. The van der Waals surface area contributed by atoms with E-state index in [9.17, 15) is 9.90 Å². The van der Waals surface area contributed by atoms with E-state index in [0.29, 0.717) is 24.7 Å². The molecule has 1 unspecified atom stereocenters. The van der Waals surface area contributed by atoms with Crippen LogP contribution >= 0.6 is 23.2 Å². The van der Waals surface area contributed by atoms with Gasteiger partial charge >= 0.3 is 0 Å². The number of benzene rings is 3. The number of aliphatic hydroxyl groups excluding tert-OH is 1. The Balaban J connectivity index is 1.15. The number of nitrogens with zero attached hydrogens (tertiary/aromatic N) is 2. The average Bonchev–Trinajstić information content (AvgIpc) is 3.51. The van der Waals surface area contributed by atoms with Gasteiger partial charge in [-0.05, 0) is 28.7 Å². The molecule has 0 aliphatic carbocycles. The van der Waals surface area contributed by atoms with Crippen molar-refractivity contribution in [1.82, 2.24) is 14.9 Å². The van der Waals surface area contributed by atoms with Crippen LogP contribution in [-0.2, 0) is 34.0 Å². The van der Waals surface area contributed by atoms with Crippen molar-refractivity contribution in [3.63, 3.8) is 0 Å². The highest BCUT2D eigenvalue weighted by molar-refractivity contribution is 6.40. The van der Waals surface area contributed by atoms with E-state index >= 15 is 0 Å². The molecule has 1 aromatic heterocycles. The Morgan fingerprint density at radius 3 is 1.91 bits per heavy atom. The first-order chi connectivity index (χ1) is 26.0. The minimum atomic E-state index is -0.667. The fraction of sp³-hybridized carbons (Fsp3) is 0.500. The smallest absolute Gasteiger partial charge is 0.220 e. The lowest BCUT2D eigenvalue weighted by atomic mass is 9.83. The lowest BCUT2D eigenvalue weighted by molar-refractivity contribution is -0.263. The van der Waals surface area contributed by atoms with Crippen LogP contribution in [0.3, 0.4) is 0 Å². The second-order valence-electron chi connectivity index (χ2n) is 14.4. The van der Waals surface area contributed by atoms with Gasteiger partial charge in [0.2, 0.25) is 5.91 Å². The van der Waals surface area contributed by atoms with Crippen LogP contribution in [-0.4, -0.2) is 26.7 Å². The number of hydrogen-bond acceptors (Lipinski definition) is 5. The molecule has 0 radical (unpaired) electrons. The molecule has 2 heterocycles. The van der Waals surface area contributed by atoms with Crippen molar-refractivity contribution in [1.29, 1.82) is 0 Å². The first-order valence-corrected chi connectivity index (χ1v) is 20.5. The highest BCUT2D eigenvalue weighted by atomic mass is 35.5. The van der Waals surface area contributed by atoms with Crippen molar-refractivity contribution < 1.29 is 19.4 Å². The minimum absolute atomic E-state index is 0.0333. The molecule has 4 aromatic rings. The molecule has 4 atom stereocenters. The van der Waals surface area contributed by atoms with Crippen molar-refractivity contribution in [3.8, 4) is 0 Å².